The zero-order chi connectivity index (χ0) is 17.9. The molecule has 2 fully saturated rings. The van der Waals surface area contributed by atoms with Gasteiger partial charge in [-0.2, -0.15) is 4.31 Å². The molecule has 138 valence electrons. The van der Waals surface area contributed by atoms with E-state index in [1.807, 2.05) is 0 Å². The number of piperidine rings is 1. The van der Waals surface area contributed by atoms with Gasteiger partial charge in [0.1, 0.15) is 10.8 Å². The standard InChI is InChI=1S/C15H21N3O4S3/c19-13(11-17-8-9-23-15(17)20)16-10-12-4-5-14(24-12)25(21,22)18-6-2-1-3-7-18/h4-5H,1-3,6-11H2,(H,16,19). The van der Waals surface area contributed by atoms with Crippen LogP contribution in [0.3, 0.4) is 0 Å². The van der Waals surface area contributed by atoms with Crippen molar-refractivity contribution in [3.8, 4) is 0 Å². The van der Waals surface area contributed by atoms with Crippen LogP contribution < -0.4 is 5.32 Å². The first-order valence-corrected chi connectivity index (χ1v) is 11.5. The molecule has 2 saturated heterocycles. The number of carbonyl (C=O) groups is 2. The first-order valence-electron chi connectivity index (χ1n) is 8.24. The Morgan fingerprint density at radius 1 is 1.16 bits per heavy atom. The summed E-state index contributed by atoms with van der Waals surface area (Å²) in [7, 11) is -3.42. The molecule has 10 heteroatoms. The maximum Gasteiger partial charge on any atom is 0.282 e. The Morgan fingerprint density at radius 2 is 1.92 bits per heavy atom. The van der Waals surface area contributed by atoms with E-state index in [0.29, 0.717) is 23.8 Å². The molecule has 2 aliphatic rings. The molecule has 1 aromatic heterocycles. The van der Waals surface area contributed by atoms with Crippen LogP contribution in [-0.4, -0.2) is 60.7 Å². The lowest BCUT2D eigenvalue weighted by Crippen LogP contribution is -2.36. The Kier molecular flexibility index (Phi) is 6.03. The molecule has 25 heavy (non-hydrogen) atoms. The van der Waals surface area contributed by atoms with Gasteiger partial charge >= 0.3 is 0 Å². The highest BCUT2D eigenvalue weighted by atomic mass is 32.2. The highest BCUT2D eigenvalue weighted by Crippen LogP contribution is 2.27. The van der Waals surface area contributed by atoms with Crippen LogP contribution in [0.5, 0.6) is 0 Å². The zero-order valence-electron chi connectivity index (χ0n) is 13.8. The molecular weight excluding hydrogens is 382 g/mol. The lowest BCUT2D eigenvalue weighted by molar-refractivity contribution is -0.121. The second kappa shape index (κ2) is 8.07. The molecule has 3 heterocycles. The highest BCUT2D eigenvalue weighted by Gasteiger charge is 2.27. The summed E-state index contributed by atoms with van der Waals surface area (Å²) in [5, 5.41) is 2.68. The molecule has 3 rings (SSSR count). The Morgan fingerprint density at radius 3 is 2.60 bits per heavy atom. The van der Waals surface area contributed by atoms with E-state index < -0.39 is 10.0 Å². The van der Waals surface area contributed by atoms with Crippen molar-refractivity contribution in [2.24, 2.45) is 0 Å². The third-order valence-electron chi connectivity index (χ3n) is 4.19. The van der Waals surface area contributed by atoms with Gasteiger partial charge in [0.25, 0.3) is 15.3 Å². The summed E-state index contributed by atoms with van der Waals surface area (Å²) >= 11 is 2.41. The quantitative estimate of drug-likeness (QED) is 0.781. The second-order valence-corrected chi connectivity index (χ2v) is 10.4. The van der Waals surface area contributed by atoms with Crippen LogP contribution in [0.4, 0.5) is 4.79 Å². The van der Waals surface area contributed by atoms with E-state index in [4.69, 9.17) is 0 Å². The molecule has 0 unspecified atom stereocenters. The maximum atomic E-state index is 12.6. The van der Waals surface area contributed by atoms with Gasteiger partial charge in [0.05, 0.1) is 6.54 Å². The van der Waals surface area contributed by atoms with Gasteiger partial charge in [-0.15, -0.1) is 11.3 Å². The topological polar surface area (TPSA) is 86.8 Å². The minimum Gasteiger partial charge on any atom is -0.350 e. The highest BCUT2D eigenvalue weighted by molar-refractivity contribution is 8.13. The number of carbonyl (C=O) groups excluding carboxylic acids is 2. The normalized spacial score (nSPS) is 19.4. The van der Waals surface area contributed by atoms with E-state index in [1.54, 1.807) is 16.4 Å². The van der Waals surface area contributed by atoms with Crippen molar-refractivity contribution in [3.63, 3.8) is 0 Å². The number of hydrogen-bond acceptors (Lipinski definition) is 6. The van der Waals surface area contributed by atoms with Gasteiger partial charge in [-0.3, -0.25) is 9.59 Å². The van der Waals surface area contributed by atoms with Crippen molar-refractivity contribution in [2.45, 2.75) is 30.0 Å². The molecule has 0 spiro atoms. The van der Waals surface area contributed by atoms with Crippen molar-refractivity contribution < 1.29 is 18.0 Å². The number of amides is 2. The molecule has 7 nitrogen and oxygen atoms in total. The molecule has 0 aromatic carbocycles. The van der Waals surface area contributed by atoms with Gasteiger partial charge in [-0.25, -0.2) is 8.42 Å². The minimum atomic E-state index is -3.42. The number of thioether (sulfide) groups is 1. The van der Waals surface area contributed by atoms with Gasteiger partial charge < -0.3 is 10.2 Å². The number of sulfonamides is 1. The lowest BCUT2D eigenvalue weighted by atomic mass is 10.2. The molecule has 0 atom stereocenters. The van der Waals surface area contributed by atoms with E-state index in [0.717, 1.165) is 29.9 Å². The van der Waals surface area contributed by atoms with E-state index in [1.165, 1.54) is 28.0 Å². The summed E-state index contributed by atoms with van der Waals surface area (Å²) in [6.07, 6.45) is 2.88. The number of hydrogen-bond donors (Lipinski definition) is 1. The third kappa shape index (κ3) is 4.55. The van der Waals surface area contributed by atoms with Crippen molar-refractivity contribution >= 4 is 44.3 Å². The monoisotopic (exact) mass is 403 g/mol. The SMILES string of the molecule is O=C(CN1CCSC1=O)NCc1ccc(S(=O)(=O)N2CCCCC2)s1. The van der Waals surface area contributed by atoms with Gasteiger partial charge in [0, 0.05) is 30.3 Å². The van der Waals surface area contributed by atoms with Crippen LogP contribution in [0.15, 0.2) is 16.3 Å². The van der Waals surface area contributed by atoms with Crippen LogP contribution in [0.1, 0.15) is 24.1 Å². The lowest BCUT2D eigenvalue weighted by Gasteiger charge is -2.25. The molecule has 0 saturated carbocycles. The first-order chi connectivity index (χ1) is 12.0. The van der Waals surface area contributed by atoms with Gasteiger partial charge in [0.2, 0.25) is 5.91 Å². The van der Waals surface area contributed by atoms with E-state index >= 15 is 0 Å². The maximum absolute atomic E-state index is 12.6. The summed E-state index contributed by atoms with van der Waals surface area (Å²) < 4.78 is 27.1. The molecule has 0 radical (unpaired) electrons. The molecular formula is C15H21N3O4S3. The average molecular weight is 404 g/mol. The van der Waals surface area contributed by atoms with Crippen molar-refractivity contribution in [2.75, 3.05) is 31.9 Å². The number of nitrogens with zero attached hydrogens (tertiary/aromatic N) is 2. The number of rotatable bonds is 6. The molecule has 0 aliphatic carbocycles. The summed E-state index contributed by atoms with van der Waals surface area (Å²) in [4.78, 5) is 25.7. The summed E-state index contributed by atoms with van der Waals surface area (Å²) in [6, 6.07) is 3.34. The third-order valence-corrected chi connectivity index (χ3v) is 8.53. The fourth-order valence-electron chi connectivity index (χ4n) is 2.81. The number of nitrogens with one attached hydrogen (secondary N) is 1. The van der Waals surface area contributed by atoms with E-state index in [2.05, 4.69) is 5.32 Å². The van der Waals surface area contributed by atoms with Crippen LogP contribution in [0.2, 0.25) is 0 Å². The van der Waals surface area contributed by atoms with Crippen LogP contribution in [0, 0.1) is 0 Å². The van der Waals surface area contributed by atoms with E-state index in [9.17, 15) is 18.0 Å². The number of thiophene rings is 1. The summed E-state index contributed by atoms with van der Waals surface area (Å²) in [5.41, 5.74) is 0. The molecule has 1 N–H and O–H groups in total. The Hall–Kier alpha value is -1.10. The Bertz CT molecular complexity index is 741. The van der Waals surface area contributed by atoms with Gasteiger partial charge in [0.15, 0.2) is 0 Å². The van der Waals surface area contributed by atoms with Crippen molar-refractivity contribution in [3.05, 3.63) is 17.0 Å². The van der Waals surface area contributed by atoms with Crippen molar-refractivity contribution in [1.82, 2.24) is 14.5 Å². The molecule has 1 aromatic rings. The zero-order valence-corrected chi connectivity index (χ0v) is 16.2. The second-order valence-electron chi connectivity index (χ2n) is 6.00. The first kappa shape index (κ1) is 18.7. The minimum absolute atomic E-state index is 0.0517. The van der Waals surface area contributed by atoms with Gasteiger partial charge in [-0.05, 0) is 25.0 Å². The fourth-order valence-corrected chi connectivity index (χ4v) is 6.60. The predicted molar refractivity (Wildman–Crippen MR) is 98.2 cm³/mol. The molecule has 2 aliphatic heterocycles. The summed E-state index contributed by atoms with van der Waals surface area (Å²) in [5.74, 6) is 0.485. The average Bonchev–Trinajstić information content (AvgIpc) is 3.24. The molecule has 2 amide bonds. The Labute approximate surface area is 155 Å². The Balaban J connectivity index is 1.54. The fraction of sp³-hybridized carbons (Fsp3) is 0.600. The van der Waals surface area contributed by atoms with Crippen LogP contribution in [-0.2, 0) is 21.4 Å². The van der Waals surface area contributed by atoms with Crippen LogP contribution >= 0.6 is 23.1 Å². The predicted octanol–water partition coefficient (Wildman–Crippen LogP) is 1.71. The molecule has 0 bridgehead atoms. The van der Waals surface area contributed by atoms with Crippen molar-refractivity contribution in [1.29, 1.82) is 0 Å². The smallest absolute Gasteiger partial charge is 0.282 e. The summed E-state index contributed by atoms with van der Waals surface area (Å²) in [6.45, 7) is 2.07. The van der Waals surface area contributed by atoms with Gasteiger partial charge in [-0.1, -0.05) is 18.2 Å². The van der Waals surface area contributed by atoms with Crippen LogP contribution in [0.25, 0.3) is 0 Å². The van der Waals surface area contributed by atoms with E-state index in [-0.39, 0.29) is 24.2 Å². The largest absolute Gasteiger partial charge is 0.350 e.